The number of aromatic nitrogens is 2. The zero-order valence-electron chi connectivity index (χ0n) is 13.4. The first-order valence-corrected chi connectivity index (χ1v) is 8.93. The van der Waals surface area contributed by atoms with Crippen molar-refractivity contribution in [1.29, 1.82) is 0 Å². The third-order valence-electron chi connectivity index (χ3n) is 4.57. The summed E-state index contributed by atoms with van der Waals surface area (Å²) in [6.07, 6.45) is 3.15. The number of amides is 1. The van der Waals surface area contributed by atoms with E-state index < -0.39 is 5.69 Å². The smallest absolute Gasteiger partial charge is 0.331 e. The van der Waals surface area contributed by atoms with E-state index in [9.17, 15) is 14.4 Å². The molecule has 23 heavy (non-hydrogen) atoms. The zero-order chi connectivity index (χ0) is 16.6. The van der Waals surface area contributed by atoms with Crippen LogP contribution in [0.5, 0.6) is 0 Å². The maximum atomic E-state index is 12.7. The number of rotatable bonds is 3. The van der Waals surface area contributed by atoms with Crippen molar-refractivity contribution in [1.82, 2.24) is 14.0 Å². The molecule has 0 radical (unpaired) electrons. The zero-order valence-corrected chi connectivity index (χ0v) is 14.3. The maximum absolute atomic E-state index is 12.7. The number of hydrogen-bond acceptors (Lipinski definition) is 4. The Kier molecular flexibility index (Phi) is 4.39. The molecule has 0 aromatic carbocycles. The first-order valence-electron chi connectivity index (χ1n) is 8.05. The Hall–Kier alpha value is -1.89. The van der Waals surface area contributed by atoms with Gasteiger partial charge < -0.3 is 4.90 Å². The molecule has 1 saturated heterocycles. The summed E-state index contributed by atoms with van der Waals surface area (Å²) in [5.74, 6) is -0.0481. The highest BCUT2D eigenvalue weighted by molar-refractivity contribution is 7.17. The van der Waals surface area contributed by atoms with E-state index in [1.165, 1.54) is 20.5 Å². The second kappa shape index (κ2) is 6.31. The second-order valence-corrected chi connectivity index (χ2v) is 6.90. The van der Waals surface area contributed by atoms with Crippen molar-refractivity contribution in [3.05, 3.63) is 32.3 Å². The molecule has 0 spiro atoms. The lowest BCUT2D eigenvalue weighted by Gasteiger charge is -2.33. The maximum Gasteiger partial charge on any atom is 0.331 e. The van der Waals surface area contributed by atoms with Gasteiger partial charge in [-0.25, -0.2) is 4.79 Å². The minimum atomic E-state index is -0.401. The Morgan fingerprint density at radius 3 is 2.78 bits per heavy atom. The van der Waals surface area contributed by atoms with Crippen LogP contribution in [0.15, 0.2) is 21.0 Å². The van der Waals surface area contributed by atoms with Crippen molar-refractivity contribution in [3.8, 4) is 0 Å². The van der Waals surface area contributed by atoms with Crippen molar-refractivity contribution in [2.24, 2.45) is 0 Å². The molecule has 0 aliphatic carbocycles. The van der Waals surface area contributed by atoms with Gasteiger partial charge in [-0.2, -0.15) is 0 Å². The van der Waals surface area contributed by atoms with Crippen LogP contribution in [0.3, 0.4) is 0 Å². The van der Waals surface area contributed by atoms with Gasteiger partial charge in [0.05, 0.1) is 5.52 Å². The predicted octanol–water partition coefficient (Wildman–Crippen LogP) is 1.65. The fourth-order valence-corrected chi connectivity index (χ4v) is 4.10. The summed E-state index contributed by atoms with van der Waals surface area (Å²) in [7, 11) is 0. The van der Waals surface area contributed by atoms with Crippen molar-refractivity contribution in [2.75, 3.05) is 6.54 Å². The lowest BCUT2D eigenvalue weighted by Crippen LogP contribution is -2.46. The van der Waals surface area contributed by atoms with E-state index in [0.29, 0.717) is 16.8 Å². The molecular formula is C16H21N3O3S. The Labute approximate surface area is 138 Å². The second-order valence-electron chi connectivity index (χ2n) is 5.99. The van der Waals surface area contributed by atoms with Crippen LogP contribution in [0.25, 0.3) is 10.2 Å². The van der Waals surface area contributed by atoms with Gasteiger partial charge in [-0.05, 0) is 44.6 Å². The standard InChI is InChI=1S/C16H21N3O3S/c1-3-17-15(21)14-12(7-9-23-14)19(16(17)22)10-13(20)18-8-5-4-6-11(18)2/h7,9,11H,3-6,8,10H2,1-2H3/t11-/m1/s1. The third kappa shape index (κ3) is 2.73. The molecule has 124 valence electrons. The molecule has 0 saturated carbocycles. The van der Waals surface area contributed by atoms with Gasteiger partial charge in [0.1, 0.15) is 11.2 Å². The molecular weight excluding hydrogens is 314 g/mol. The molecule has 1 amide bonds. The van der Waals surface area contributed by atoms with E-state index in [2.05, 4.69) is 0 Å². The van der Waals surface area contributed by atoms with Crippen molar-refractivity contribution < 1.29 is 4.79 Å². The Balaban J connectivity index is 2.03. The summed E-state index contributed by atoms with van der Waals surface area (Å²) in [5.41, 5.74) is -0.105. The van der Waals surface area contributed by atoms with Gasteiger partial charge >= 0.3 is 5.69 Å². The Morgan fingerprint density at radius 1 is 1.30 bits per heavy atom. The van der Waals surface area contributed by atoms with Gasteiger partial charge in [0.25, 0.3) is 5.56 Å². The minimum Gasteiger partial charge on any atom is -0.338 e. The van der Waals surface area contributed by atoms with Gasteiger partial charge in [-0.3, -0.25) is 18.7 Å². The van der Waals surface area contributed by atoms with Gasteiger partial charge in [-0.1, -0.05) is 0 Å². The quantitative estimate of drug-likeness (QED) is 0.857. The van der Waals surface area contributed by atoms with Crippen LogP contribution in [0.1, 0.15) is 33.1 Å². The van der Waals surface area contributed by atoms with E-state index in [0.717, 1.165) is 25.8 Å². The van der Waals surface area contributed by atoms with Crippen LogP contribution in [0, 0.1) is 0 Å². The molecule has 0 N–H and O–H groups in total. The highest BCUT2D eigenvalue weighted by atomic mass is 32.1. The van der Waals surface area contributed by atoms with Crippen molar-refractivity contribution in [3.63, 3.8) is 0 Å². The summed E-state index contributed by atoms with van der Waals surface area (Å²) in [6, 6.07) is 1.96. The van der Waals surface area contributed by atoms with Gasteiger partial charge in [0.2, 0.25) is 5.91 Å². The highest BCUT2D eigenvalue weighted by Gasteiger charge is 2.24. The summed E-state index contributed by atoms with van der Waals surface area (Å²) in [6.45, 7) is 4.86. The number of piperidine rings is 1. The first kappa shape index (κ1) is 16.0. The first-order chi connectivity index (χ1) is 11.0. The van der Waals surface area contributed by atoms with Crippen LogP contribution in [0.2, 0.25) is 0 Å². The average molecular weight is 335 g/mol. The van der Waals surface area contributed by atoms with Gasteiger partial charge in [0.15, 0.2) is 0 Å². The van der Waals surface area contributed by atoms with E-state index in [4.69, 9.17) is 0 Å². The Bertz CT molecular complexity index is 848. The number of carbonyl (C=O) groups is 1. The number of hydrogen-bond donors (Lipinski definition) is 0. The SMILES string of the molecule is CCn1c(=O)c2sccc2n(CC(=O)N2CCCC[C@H]2C)c1=O. The number of nitrogens with zero attached hydrogens (tertiary/aromatic N) is 3. The number of fused-ring (bicyclic) bond motifs is 1. The molecule has 1 aliphatic heterocycles. The van der Waals surface area contributed by atoms with Gasteiger partial charge in [0, 0.05) is 19.1 Å². The molecule has 1 atom stereocenters. The van der Waals surface area contributed by atoms with E-state index in [1.807, 2.05) is 11.8 Å². The molecule has 6 nitrogen and oxygen atoms in total. The molecule has 7 heteroatoms. The number of thiophene rings is 1. The summed E-state index contributed by atoms with van der Waals surface area (Å²) in [4.78, 5) is 39.4. The van der Waals surface area contributed by atoms with E-state index >= 15 is 0 Å². The number of carbonyl (C=O) groups excluding carboxylic acids is 1. The summed E-state index contributed by atoms with van der Waals surface area (Å²) >= 11 is 1.31. The molecule has 3 rings (SSSR count). The highest BCUT2D eigenvalue weighted by Crippen LogP contribution is 2.18. The van der Waals surface area contributed by atoms with Gasteiger partial charge in [-0.15, -0.1) is 11.3 Å². The van der Waals surface area contributed by atoms with E-state index in [-0.39, 0.29) is 24.1 Å². The van der Waals surface area contributed by atoms with Crippen LogP contribution in [-0.2, 0) is 17.9 Å². The molecule has 1 fully saturated rings. The third-order valence-corrected chi connectivity index (χ3v) is 5.46. The summed E-state index contributed by atoms with van der Waals surface area (Å²) < 4.78 is 3.18. The fourth-order valence-electron chi connectivity index (χ4n) is 3.26. The molecule has 2 aromatic heterocycles. The molecule has 0 unspecified atom stereocenters. The lowest BCUT2D eigenvalue weighted by atomic mass is 10.0. The van der Waals surface area contributed by atoms with Crippen LogP contribution in [0.4, 0.5) is 0 Å². The minimum absolute atomic E-state index is 0.00329. The molecule has 1 aliphatic rings. The largest absolute Gasteiger partial charge is 0.338 e. The predicted molar refractivity (Wildman–Crippen MR) is 91.0 cm³/mol. The fraction of sp³-hybridized carbons (Fsp3) is 0.562. The van der Waals surface area contributed by atoms with E-state index in [1.54, 1.807) is 18.4 Å². The van der Waals surface area contributed by atoms with Crippen molar-refractivity contribution in [2.45, 2.75) is 52.2 Å². The molecule has 3 heterocycles. The normalized spacial score (nSPS) is 18.5. The topological polar surface area (TPSA) is 64.3 Å². The van der Waals surface area contributed by atoms with Crippen LogP contribution >= 0.6 is 11.3 Å². The average Bonchev–Trinajstić information content (AvgIpc) is 3.02. The van der Waals surface area contributed by atoms with Crippen LogP contribution < -0.4 is 11.2 Å². The Morgan fingerprint density at radius 2 is 2.09 bits per heavy atom. The number of likely N-dealkylation sites (tertiary alicyclic amines) is 1. The molecule has 2 aromatic rings. The van der Waals surface area contributed by atoms with Crippen LogP contribution in [-0.4, -0.2) is 32.5 Å². The summed E-state index contributed by atoms with van der Waals surface area (Å²) in [5, 5.41) is 1.79. The molecule has 0 bridgehead atoms. The lowest BCUT2D eigenvalue weighted by molar-refractivity contribution is -0.135. The monoisotopic (exact) mass is 335 g/mol. The van der Waals surface area contributed by atoms with Crippen molar-refractivity contribution >= 4 is 27.5 Å².